The second-order valence-corrected chi connectivity index (χ2v) is 3.72. The van der Waals surface area contributed by atoms with E-state index in [9.17, 15) is 4.79 Å². The van der Waals surface area contributed by atoms with Gasteiger partial charge >= 0.3 is 0 Å². The summed E-state index contributed by atoms with van der Waals surface area (Å²) >= 11 is 3.23. The van der Waals surface area contributed by atoms with Gasteiger partial charge in [-0.3, -0.25) is 4.79 Å². The maximum absolute atomic E-state index is 11.3. The highest BCUT2D eigenvalue weighted by molar-refractivity contribution is 9.10. The summed E-state index contributed by atoms with van der Waals surface area (Å²) in [5.41, 5.74) is 0.761. The number of Topliss-reactive ketones (excluding diaryl/α,β-unsaturated/α-hetero) is 1. The molecule has 2 heteroatoms. The number of hydrogen-bond acceptors (Lipinski definition) is 1. The molecule has 1 aromatic carbocycles. The van der Waals surface area contributed by atoms with E-state index in [2.05, 4.69) is 15.9 Å². The standard InChI is InChI=1S/C9H9BrO/c1-7(10)9(11)8-5-3-2-4-6-8/h2-7H,1H3/t7-/m0/s1. The van der Waals surface area contributed by atoms with Gasteiger partial charge in [0.25, 0.3) is 0 Å². The third kappa shape index (κ3) is 2.15. The van der Waals surface area contributed by atoms with Gasteiger partial charge in [-0.15, -0.1) is 0 Å². The highest BCUT2D eigenvalue weighted by Gasteiger charge is 2.09. The molecule has 1 aromatic rings. The Morgan fingerprint density at radius 2 is 1.91 bits per heavy atom. The van der Waals surface area contributed by atoms with Gasteiger partial charge < -0.3 is 0 Å². The van der Waals surface area contributed by atoms with Crippen molar-refractivity contribution in [2.24, 2.45) is 0 Å². The Labute approximate surface area is 74.6 Å². The van der Waals surface area contributed by atoms with E-state index in [0.29, 0.717) is 0 Å². The fourth-order valence-electron chi connectivity index (χ4n) is 0.832. The van der Waals surface area contributed by atoms with Gasteiger partial charge in [0.05, 0.1) is 4.83 Å². The van der Waals surface area contributed by atoms with E-state index in [1.54, 1.807) is 0 Å². The molecule has 0 saturated heterocycles. The van der Waals surface area contributed by atoms with Crippen LogP contribution in [0.3, 0.4) is 0 Å². The molecule has 0 bridgehead atoms. The zero-order valence-corrected chi connectivity index (χ0v) is 7.84. The van der Waals surface area contributed by atoms with E-state index in [4.69, 9.17) is 0 Å². The molecule has 0 unspecified atom stereocenters. The zero-order valence-electron chi connectivity index (χ0n) is 6.25. The van der Waals surface area contributed by atoms with Gasteiger partial charge in [-0.25, -0.2) is 0 Å². The Kier molecular flexibility index (Phi) is 2.83. The molecular weight excluding hydrogens is 204 g/mol. The van der Waals surface area contributed by atoms with E-state index >= 15 is 0 Å². The van der Waals surface area contributed by atoms with Crippen LogP contribution in [0, 0.1) is 0 Å². The molecule has 0 aliphatic heterocycles. The maximum atomic E-state index is 11.3. The summed E-state index contributed by atoms with van der Waals surface area (Å²) in [4.78, 5) is 11.2. The van der Waals surface area contributed by atoms with Crippen molar-refractivity contribution in [3.8, 4) is 0 Å². The van der Waals surface area contributed by atoms with E-state index < -0.39 is 0 Å². The van der Waals surface area contributed by atoms with Crippen LogP contribution in [0.5, 0.6) is 0 Å². The number of benzene rings is 1. The smallest absolute Gasteiger partial charge is 0.176 e. The third-order valence-corrected chi connectivity index (χ3v) is 1.84. The number of hydrogen-bond donors (Lipinski definition) is 0. The summed E-state index contributed by atoms with van der Waals surface area (Å²) in [6, 6.07) is 9.26. The monoisotopic (exact) mass is 212 g/mol. The van der Waals surface area contributed by atoms with Gasteiger partial charge in [0, 0.05) is 5.56 Å². The van der Waals surface area contributed by atoms with Crippen LogP contribution in [0.2, 0.25) is 0 Å². The van der Waals surface area contributed by atoms with Crippen molar-refractivity contribution >= 4 is 21.7 Å². The first-order valence-electron chi connectivity index (χ1n) is 3.45. The molecule has 0 aliphatic carbocycles. The molecule has 1 nitrogen and oxygen atoms in total. The lowest BCUT2D eigenvalue weighted by molar-refractivity contribution is 0.0996. The molecule has 0 heterocycles. The summed E-state index contributed by atoms with van der Waals surface area (Å²) in [5.74, 6) is 0.130. The Morgan fingerprint density at radius 3 is 2.36 bits per heavy atom. The first-order valence-corrected chi connectivity index (χ1v) is 4.36. The van der Waals surface area contributed by atoms with Crippen molar-refractivity contribution in [2.45, 2.75) is 11.8 Å². The average molecular weight is 213 g/mol. The van der Waals surface area contributed by atoms with Crippen LogP contribution in [0.15, 0.2) is 30.3 Å². The summed E-state index contributed by atoms with van der Waals surface area (Å²) in [5, 5.41) is 0. The van der Waals surface area contributed by atoms with Crippen LogP contribution < -0.4 is 0 Å². The van der Waals surface area contributed by atoms with E-state index in [0.717, 1.165) is 5.56 Å². The van der Waals surface area contributed by atoms with Crippen LogP contribution in [-0.4, -0.2) is 10.6 Å². The van der Waals surface area contributed by atoms with Gasteiger partial charge in [0.15, 0.2) is 5.78 Å². The first-order chi connectivity index (χ1) is 5.22. The van der Waals surface area contributed by atoms with Crippen LogP contribution >= 0.6 is 15.9 Å². The minimum atomic E-state index is -0.0927. The van der Waals surface area contributed by atoms with Crippen LogP contribution in [0.25, 0.3) is 0 Å². The van der Waals surface area contributed by atoms with Gasteiger partial charge in [-0.05, 0) is 6.92 Å². The second-order valence-electron chi connectivity index (χ2n) is 2.35. The van der Waals surface area contributed by atoms with Crippen LogP contribution in [-0.2, 0) is 0 Å². The van der Waals surface area contributed by atoms with Crippen LogP contribution in [0.1, 0.15) is 17.3 Å². The molecule has 0 N–H and O–H groups in total. The quantitative estimate of drug-likeness (QED) is 0.545. The van der Waals surface area contributed by atoms with E-state index in [-0.39, 0.29) is 10.6 Å². The lowest BCUT2D eigenvalue weighted by Gasteiger charge is -2.00. The third-order valence-electron chi connectivity index (χ3n) is 1.42. The summed E-state index contributed by atoms with van der Waals surface area (Å²) in [6.45, 7) is 1.83. The maximum Gasteiger partial charge on any atom is 0.176 e. The van der Waals surface area contributed by atoms with Crippen molar-refractivity contribution < 1.29 is 4.79 Å². The topological polar surface area (TPSA) is 17.1 Å². The van der Waals surface area contributed by atoms with Gasteiger partial charge in [-0.1, -0.05) is 46.3 Å². The van der Waals surface area contributed by atoms with Crippen molar-refractivity contribution in [3.05, 3.63) is 35.9 Å². The van der Waals surface area contributed by atoms with Crippen molar-refractivity contribution in [1.29, 1.82) is 0 Å². The lowest BCUT2D eigenvalue weighted by atomic mass is 10.1. The Hall–Kier alpha value is -0.630. The molecule has 0 aliphatic rings. The molecule has 0 aromatic heterocycles. The predicted molar refractivity (Wildman–Crippen MR) is 49.2 cm³/mol. The highest BCUT2D eigenvalue weighted by Crippen LogP contribution is 2.08. The second kappa shape index (κ2) is 3.67. The highest BCUT2D eigenvalue weighted by atomic mass is 79.9. The van der Waals surface area contributed by atoms with Gasteiger partial charge in [0.1, 0.15) is 0 Å². The molecule has 11 heavy (non-hydrogen) atoms. The number of halogens is 1. The molecule has 1 atom stereocenters. The molecule has 0 spiro atoms. The summed E-state index contributed by atoms with van der Waals surface area (Å²) in [6.07, 6.45) is 0. The van der Waals surface area contributed by atoms with Crippen molar-refractivity contribution in [1.82, 2.24) is 0 Å². The number of rotatable bonds is 2. The number of carbonyl (C=O) groups is 1. The predicted octanol–water partition coefficient (Wildman–Crippen LogP) is 2.65. The fraction of sp³-hybridized carbons (Fsp3) is 0.222. The number of carbonyl (C=O) groups excluding carboxylic acids is 1. The number of alkyl halides is 1. The average Bonchev–Trinajstić information content (AvgIpc) is 2.05. The lowest BCUT2D eigenvalue weighted by Crippen LogP contribution is -2.09. The summed E-state index contributed by atoms with van der Waals surface area (Å²) in [7, 11) is 0. The molecule has 1 rings (SSSR count). The van der Waals surface area contributed by atoms with Gasteiger partial charge in [-0.2, -0.15) is 0 Å². The Bertz CT molecular complexity index is 241. The minimum Gasteiger partial charge on any atom is -0.293 e. The zero-order chi connectivity index (χ0) is 8.27. The van der Waals surface area contributed by atoms with E-state index in [1.165, 1.54) is 0 Å². The first kappa shape index (κ1) is 8.47. The van der Waals surface area contributed by atoms with Crippen molar-refractivity contribution in [3.63, 3.8) is 0 Å². The molecule has 0 amide bonds. The Morgan fingerprint density at radius 1 is 1.36 bits per heavy atom. The fourth-order valence-corrected chi connectivity index (χ4v) is 1.10. The molecule has 0 fully saturated rings. The molecule has 0 saturated carbocycles. The SMILES string of the molecule is C[C@H](Br)C(=O)c1ccccc1. The molecular formula is C9H9BrO. The Balaban J connectivity index is 2.86. The minimum absolute atomic E-state index is 0.0927. The molecule has 58 valence electrons. The summed E-state index contributed by atoms with van der Waals surface area (Å²) < 4.78 is 0. The largest absolute Gasteiger partial charge is 0.293 e. The normalized spacial score (nSPS) is 12.5. The van der Waals surface area contributed by atoms with E-state index in [1.807, 2.05) is 37.3 Å². The van der Waals surface area contributed by atoms with Crippen molar-refractivity contribution in [2.75, 3.05) is 0 Å². The molecule has 0 radical (unpaired) electrons. The number of ketones is 1. The van der Waals surface area contributed by atoms with Crippen LogP contribution in [0.4, 0.5) is 0 Å². The van der Waals surface area contributed by atoms with Gasteiger partial charge in [0.2, 0.25) is 0 Å².